The van der Waals surface area contributed by atoms with E-state index in [1.807, 2.05) is 29.6 Å². The van der Waals surface area contributed by atoms with E-state index in [0.29, 0.717) is 22.0 Å². The van der Waals surface area contributed by atoms with Gasteiger partial charge in [0.25, 0.3) is 11.8 Å². The van der Waals surface area contributed by atoms with Gasteiger partial charge in [0.15, 0.2) is 0 Å². The number of thiophene rings is 1. The summed E-state index contributed by atoms with van der Waals surface area (Å²) in [4.78, 5) is 28.4. The Labute approximate surface area is 194 Å². The number of nitrogens with zero attached hydrogens (tertiary/aromatic N) is 3. The highest BCUT2D eigenvalue weighted by molar-refractivity contribution is 7.12. The number of hydrogen-bond donors (Lipinski definition) is 0. The first kappa shape index (κ1) is 21.6. The van der Waals surface area contributed by atoms with E-state index in [1.54, 1.807) is 54.8 Å². The first-order valence-corrected chi connectivity index (χ1v) is 11.3. The molecule has 3 aromatic rings. The molecule has 0 aliphatic carbocycles. The molecule has 0 saturated heterocycles. The van der Waals surface area contributed by atoms with Crippen molar-refractivity contribution in [2.45, 2.75) is 12.5 Å². The van der Waals surface area contributed by atoms with E-state index in [0.717, 1.165) is 16.2 Å². The fourth-order valence-corrected chi connectivity index (χ4v) is 4.53. The van der Waals surface area contributed by atoms with Crippen LogP contribution >= 0.6 is 34.5 Å². The summed E-state index contributed by atoms with van der Waals surface area (Å²) < 4.78 is 0. The highest BCUT2D eigenvalue weighted by atomic mass is 35.5. The van der Waals surface area contributed by atoms with Crippen LogP contribution in [0.25, 0.3) is 0 Å². The molecule has 2 heterocycles. The van der Waals surface area contributed by atoms with Crippen molar-refractivity contribution < 1.29 is 9.59 Å². The molecular weight excluding hydrogens is 453 g/mol. The van der Waals surface area contributed by atoms with Crippen molar-refractivity contribution in [1.29, 1.82) is 0 Å². The SMILES string of the molecule is CN(CC(=O)N1N=C(c2cccs2)C[C@@H]1c1ccc(Cl)cc1)C(=O)c1ccccc1Cl. The fourth-order valence-electron chi connectivity index (χ4n) is 3.46. The second kappa shape index (κ2) is 9.22. The summed E-state index contributed by atoms with van der Waals surface area (Å²) in [6, 6.07) is 17.9. The van der Waals surface area contributed by atoms with Gasteiger partial charge in [-0.05, 0) is 41.3 Å². The van der Waals surface area contributed by atoms with Gasteiger partial charge in [0.2, 0.25) is 0 Å². The topological polar surface area (TPSA) is 53.0 Å². The molecule has 31 heavy (non-hydrogen) atoms. The number of hydrogen-bond acceptors (Lipinski definition) is 4. The third kappa shape index (κ3) is 4.66. The molecule has 1 aliphatic heterocycles. The van der Waals surface area contributed by atoms with Crippen molar-refractivity contribution in [2.75, 3.05) is 13.6 Å². The summed E-state index contributed by atoms with van der Waals surface area (Å²) in [6.45, 7) is -0.116. The normalized spacial score (nSPS) is 15.6. The zero-order valence-corrected chi connectivity index (χ0v) is 19.0. The van der Waals surface area contributed by atoms with Gasteiger partial charge in [0, 0.05) is 18.5 Å². The minimum atomic E-state index is -0.316. The van der Waals surface area contributed by atoms with Crippen LogP contribution in [0.2, 0.25) is 10.0 Å². The van der Waals surface area contributed by atoms with Crippen LogP contribution in [0.5, 0.6) is 0 Å². The van der Waals surface area contributed by atoms with E-state index >= 15 is 0 Å². The summed E-state index contributed by atoms with van der Waals surface area (Å²) in [5.41, 5.74) is 2.15. The molecule has 1 atom stereocenters. The first-order chi connectivity index (χ1) is 14.9. The number of carbonyl (C=O) groups excluding carboxylic acids is 2. The first-order valence-electron chi connectivity index (χ1n) is 9.63. The maximum Gasteiger partial charge on any atom is 0.262 e. The summed E-state index contributed by atoms with van der Waals surface area (Å²) >= 11 is 13.8. The average Bonchev–Trinajstić information content (AvgIpc) is 3.44. The number of halogens is 2. The number of likely N-dealkylation sites (N-methyl/N-ethyl adjacent to an activating group) is 1. The molecule has 0 spiro atoms. The lowest BCUT2D eigenvalue weighted by Crippen LogP contribution is -2.39. The number of amides is 2. The van der Waals surface area contributed by atoms with Crippen molar-refractivity contribution in [2.24, 2.45) is 5.10 Å². The second-order valence-corrected chi connectivity index (χ2v) is 8.97. The molecule has 2 aromatic carbocycles. The zero-order chi connectivity index (χ0) is 22.0. The zero-order valence-electron chi connectivity index (χ0n) is 16.7. The molecular formula is C23H19Cl2N3O2S. The lowest BCUT2D eigenvalue weighted by Gasteiger charge is -2.25. The van der Waals surface area contributed by atoms with Crippen molar-refractivity contribution in [3.05, 3.63) is 92.1 Å². The minimum Gasteiger partial charge on any atom is -0.332 e. The Morgan fingerprint density at radius 3 is 2.52 bits per heavy atom. The monoisotopic (exact) mass is 471 g/mol. The summed E-state index contributed by atoms with van der Waals surface area (Å²) in [5.74, 6) is -0.585. The lowest BCUT2D eigenvalue weighted by molar-refractivity contribution is -0.133. The molecule has 158 valence electrons. The third-order valence-corrected chi connectivity index (χ3v) is 6.55. The molecule has 8 heteroatoms. The van der Waals surface area contributed by atoms with Crippen LogP contribution in [-0.2, 0) is 4.79 Å². The standard InChI is InChI=1S/C23H19Cl2N3O2S/c1-27(23(30)17-5-2-3-6-18(17)25)14-22(29)28-20(15-8-10-16(24)11-9-15)13-19(26-28)21-7-4-12-31-21/h2-12,20H,13-14H2,1H3/t20-/m1/s1. The summed E-state index contributed by atoms with van der Waals surface area (Å²) in [6.07, 6.45) is 0.593. The molecule has 0 radical (unpaired) electrons. The van der Waals surface area contributed by atoms with E-state index in [4.69, 9.17) is 23.2 Å². The molecule has 4 rings (SSSR count). The molecule has 0 fully saturated rings. The second-order valence-electron chi connectivity index (χ2n) is 7.17. The summed E-state index contributed by atoms with van der Waals surface area (Å²) in [5, 5.41) is 9.07. The number of hydrazone groups is 1. The molecule has 5 nitrogen and oxygen atoms in total. The maximum absolute atomic E-state index is 13.2. The van der Waals surface area contributed by atoms with E-state index in [9.17, 15) is 9.59 Å². The van der Waals surface area contributed by atoms with E-state index in [-0.39, 0.29) is 24.4 Å². The van der Waals surface area contributed by atoms with Crippen LogP contribution in [-0.4, -0.2) is 41.0 Å². The van der Waals surface area contributed by atoms with Crippen molar-refractivity contribution in [1.82, 2.24) is 9.91 Å². The molecule has 2 amide bonds. The Kier molecular flexibility index (Phi) is 6.41. The highest BCUT2D eigenvalue weighted by Gasteiger charge is 2.34. The van der Waals surface area contributed by atoms with Gasteiger partial charge in [-0.25, -0.2) is 5.01 Å². The number of carbonyl (C=O) groups is 2. The Balaban J connectivity index is 1.57. The number of rotatable bonds is 5. The van der Waals surface area contributed by atoms with Crippen LogP contribution in [0.3, 0.4) is 0 Å². The smallest absolute Gasteiger partial charge is 0.262 e. The largest absolute Gasteiger partial charge is 0.332 e. The van der Waals surface area contributed by atoms with E-state index in [2.05, 4.69) is 5.10 Å². The van der Waals surface area contributed by atoms with Gasteiger partial charge in [-0.15, -0.1) is 11.3 Å². The third-order valence-electron chi connectivity index (χ3n) is 5.05. The van der Waals surface area contributed by atoms with Crippen LogP contribution in [0.4, 0.5) is 0 Å². The van der Waals surface area contributed by atoms with Crippen LogP contribution in [0.15, 0.2) is 71.1 Å². The average molecular weight is 472 g/mol. The molecule has 0 N–H and O–H groups in total. The van der Waals surface area contributed by atoms with Crippen LogP contribution in [0.1, 0.15) is 33.3 Å². The van der Waals surface area contributed by atoms with Crippen LogP contribution in [0, 0.1) is 0 Å². The van der Waals surface area contributed by atoms with E-state index < -0.39 is 0 Å². The van der Waals surface area contributed by atoms with Crippen molar-refractivity contribution in [3.8, 4) is 0 Å². The van der Waals surface area contributed by atoms with Gasteiger partial charge in [0.1, 0.15) is 6.54 Å². The fraction of sp³-hybridized carbons (Fsp3) is 0.174. The van der Waals surface area contributed by atoms with Gasteiger partial charge in [0.05, 0.1) is 27.2 Å². The van der Waals surface area contributed by atoms with Crippen molar-refractivity contribution in [3.63, 3.8) is 0 Å². The predicted molar refractivity (Wildman–Crippen MR) is 125 cm³/mol. The van der Waals surface area contributed by atoms with Gasteiger partial charge >= 0.3 is 0 Å². The highest BCUT2D eigenvalue weighted by Crippen LogP contribution is 2.34. The predicted octanol–water partition coefficient (Wildman–Crippen LogP) is 5.50. The Morgan fingerprint density at radius 2 is 1.84 bits per heavy atom. The Hall–Kier alpha value is -2.67. The van der Waals surface area contributed by atoms with Crippen LogP contribution < -0.4 is 0 Å². The van der Waals surface area contributed by atoms with Gasteiger partial charge in [-0.2, -0.15) is 5.10 Å². The van der Waals surface area contributed by atoms with Gasteiger partial charge < -0.3 is 4.90 Å². The Morgan fingerprint density at radius 1 is 1.10 bits per heavy atom. The molecule has 1 aromatic heterocycles. The quantitative estimate of drug-likeness (QED) is 0.492. The molecule has 0 saturated carbocycles. The minimum absolute atomic E-state index is 0.116. The number of benzene rings is 2. The van der Waals surface area contributed by atoms with Gasteiger partial charge in [-0.1, -0.05) is 53.5 Å². The molecule has 0 unspecified atom stereocenters. The van der Waals surface area contributed by atoms with Gasteiger partial charge in [-0.3, -0.25) is 9.59 Å². The summed E-state index contributed by atoms with van der Waals surface area (Å²) in [7, 11) is 1.58. The lowest BCUT2D eigenvalue weighted by atomic mass is 10.0. The van der Waals surface area contributed by atoms with Crippen molar-refractivity contribution >= 4 is 52.1 Å². The Bertz CT molecular complexity index is 1130. The molecule has 1 aliphatic rings. The molecule has 0 bridgehead atoms. The van der Waals surface area contributed by atoms with E-state index in [1.165, 1.54) is 9.91 Å². The maximum atomic E-state index is 13.2.